The van der Waals surface area contributed by atoms with Crippen LogP contribution in [0.15, 0.2) is 41.0 Å². The zero-order chi connectivity index (χ0) is 16.8. The lowest BCUT2D eigenvalue weighted by Gasteiger charge is -2.13. The third-order valence-corrected chi connectivity index (χ3v) is 3.44. The number of nitrogens with zero attached hydrogens (tertiary/aromatic N) is 1. The van der Waals surface area contributed by atoms with Crippen molar-refractivity contribution in [2.24, 2.45) is 0 Å². The Bertz CT molecular complexity index is 684. The van der Waals surface area contributed by atoms with Crippen molar-refractivity contribution in [2.45, 2.75) is 13.0 Å². The van der Waals surface area contributed by atoms with Crippen molar-refractivity contribution in [1.82, 2.24) is 4.98 Å². The van der Waals surface area contributed by atoms with Gasteiger partial charge in [0, 0.05) is 11.6 Å². The first-order valence-corrected chi connectivity index (χ1v) is 7.31. The minimum absolute atomic E-state index is 0.00961. The second-order valence-corrected chi connectivity index (χ2v) is 5.16. The molecular formula is C15H13BrF2N2O3. The number of hydrogen-bond acceptors (Lipinski definition) is 4. The maximum atomic E-state index is 13.1. The molecule has 0 radical (unpaired) electrons. The zero-order valence-corrected chi connectivity index (χ0v) is 13.6. The number of rotatable bonds is 5. The second-order valence-electron chi connectivity index (χ2n) is 4.41. The Balaban J connectivity index is 2.11. The number of ether oxygens (including phenoxy) is 2. The number of carbonyl (C=O) groups excluding carboxylic acids is 1. The monoisotopic (exact) mass is 386 g/mol. The minimum Gasteiger partial charge on any atom is -0.481 e. The summed E-state index contributed by atoms with van der Waals surface area (Å²) >= 11 is 3.04. The van der Waals surface area contributed by atoms with Gasteiger partial charge in [0.25, 0.3) is 6.43 Å². The van der Waals surface area contributed by atoms with Gasteiger partial charge in [-0.05, 0) is 21.5 Å². The van der Waals surface area contributed by atoms with Gasteiger partial charge in [-0.2, -0.15) is 0 Å². The Morgan fingerprint density at radius 3 is 2.65 bits per heavy atom. The Kier molecular flexibility index (Phi) is 5.86. The van der Waals surface area contributed by atoms with E-state index >= 15 is 0 Å². The van der Waals surface area contributed by atoms with Crippen LogP contribution < -0.4 is 10.1 Å². The fourth-order valence-corrected chi connectivity index (χ4v) is 2.27. The number of alkyl halides is 2. The van der Waals surface area contributed by atoms with Gasteiger partial charge in [0.15, 0.2) is 0 Å². The Hall–Kier alpha value is -2.22. The molecule has 23 heavy (non-hydrogen) atoms. The lowest BCUT2D eigenvalue weighted by Crippen LogP contribution is -2.16. The van der Waals surface area contributed by atoms with Crippen LogP contribution in [0.2, 0.25) is 0 Å². The van der Waals surface area contributed by atoms with Crippen LogP contribution in [0.25, 0.3) is 0 Å². The third kappa shape index (κ3) is 4.62. The van der Waals surface area contributed by atoms with Gasteiger partial charge in [-0.15, -0.1) is 0 Å². The van der Waals surface area contributed by atoms with Crippen molar-refractivity contribution in [3.8, 4) is 5.88 Å². The Labute approximate surface area is 139 Å². The predicted octanol–water partition coefficient (Wildman–Crippen LogP) is 4.54. The van der Waals surface area contributed by atoms with Gasteiger partial charge in [-0.3, -0.25) is 5.32 Å². The summed E-state index contributed by atoms with van der Waals surface area (Å²) in [6.45, 7) is 0.0257. The lowest BCUT2D eigenvalue weighted by atomic mass is 10.2. The summed E-state index contributed by atoms with van der Waals surface area (Å²) in [5.41, 5.74) is 0.211. The van der Waals surface area contributed by atoms with Crippen LogP contribution in [0.1, 0.15) is 17.6 Å². The molecule has 0 saturated carbocycles. The summed E-state index contributed by atoms with van der Waals surface area (Å²) < 4.78 is 36.1. The van der Waals surface area contributed by atoms with E-state index in [2.05, 4.69) is 26.2 Å². The van der Waals surface area contributed by atoms with E-state index in [-0.39, 0.29) is 22.8 Å². The fraction of sp³-hybridized carbons (Fsp3) is 0.200. The van der Waals surface area contributed by atoms with Crippen molar-refractivity contribution >= 4 is 27.7 Å². The number of pyridine rings is 1. The highest BCUT2D eigenvalue weighted by molar-refractivity contribution is 9.10. The van der Waals surface area contributed by atoms with Crippen LogP contribution in [0.5, 0.6) is 5.88 Å². The van der Waals surface area contributed by atoms with Crippen molar-refractivity contribution in [2.75, 3.05) is 12.4 Å². The molecule has 0 spiro atoms. The number of carbonyl (C=O) groups is 1. The smallest absolute Gasteiger partial charge is 0.412 e. The molecule has 0 aliphatic rings. The Morgan fingerprint density at radius 1 is 1.35 bits per heavy atom. The molecule has 0 fully saturated rings. The number of amides is 1. The molecule has 5 nitrogen and oxygen atoms in total. The van der Waals surface area contributed by atoms with E-state index in [1.165, 1.54) is 7.11 Å². The molecule has 0 aliphatic heterocycles. The molecule has 0 unspecified atom stereocenters. The minimum atomic E-state index is -2.81. The maximum Gasteiger partial charge on any atom is 0.412 e. The fourth-order valence-electron chi connectivity index (χ4n) is 1.77. The van der Waals surface area contributed by atoms with Gasteiger partial charge >= 0.3 is 6.09 Å². The molecule has 8 heteroatoms. The van der Waals surface area contributed by atoms with E-state index in [0.29, 0.717) is 0 Å². The summed E-state index contributed by atoms with van der Waals surface area (Å²) in [4.78, 5) is 15.7. The quantitative estimate of drug-likeness (QED) is 0.766. The van der Waals surface area contributed by atoms with Crippen LogP contribution in [0, 0.1) is 0 Å². The molecule has 1 amide bonds. The molecule has 1 heterocycles. The van der Waals surface area contributed by atoms with Crippen molar-refractivity contribution in [1.29, 1.82) is 0 Å². The zero-order valence-electron chi connectivity index (χ0n) is 12.1. The second kappa shape index (κ2) is 7.87. The molecule has 0 saturated heterocycles. The van der Waals surface area contributed by atoms with Gasteiger partial charge in [-0.1, -0.05) is 30.3 Å². The third-order valence-electron chi connectivity index (χ3n) is 2.87. The summed E-state index contributed by atoms with van der Waals surface area (Å²) in [5.74, 6) is 0.00961. The molecule has 1 N–H and O–H groups in total. The van der Waals surface area contributed by atoms with E-state index in [1.54, 1.807) is 24.3 Å². The topological polar surface area (TPSA) is 60.5 Å². The first kappa shape index (κ1) is 17.1. The van der Waals surface area contributed by atoms with E-state index in [4.69, 9.17) is 9.47 Å². The van der Waals surface area contributed by atoms with E-state index in [9.17, 15) is 13.6 Å². The van der Waals surface area contributed by atoms with Crippen molar-refractivity contribution in [3.63, 3.8) is 0 Å². The highest BCUT2D eigenvalue weighted by Crippen LogP contribution is 2.35. The maximum absolute atomic E-state index is 13.1. The highest BCUT2D eigenvalue weighted by atomic mass is 79.9. The SMILES string of the molecule is COc1cc(C(F)F)c(NC(=O)OCc2ccccc2)c(Br)n1. The number of benzene rings is 1. The molecule has 1 aromatic heterocycles. The lowest BCUT2D eigenvalue weighted by molar-refractivity contribution is 0.149. The van der Waals surface area contributed by atoms with Crippen LogP contribution in [0.4, 0.5) is 19.3 Å². The average Bonchev–Trinajstić information content (AvgIpc) is 2.55. The van der Waals surface area contributed by atoms with Crippen molar-refractivity contribution in [3.05, 3.63) is 52.1 Å². The van der Waals surface area contributed by atoms with E-state index in [0.717, 1.165) is 11.6 Å². The first-order chi connectivity index (χ1) is 11.0. The van der Waals surface area contributed by atoms with Gasteiger partial charge in [0.2, 0.25) is 5.88 Å². The number of halogens is 3. The number of nitrogens with one attached hydrogen (secondary N) is 1. The molecule has 2 aromatic rings. The van der Waals surface area contributed by atoms with Gasteiger partial charge in [0.05, 0.1) is 12.8 Å². The molecule has 1 aromatic carbocycles. The molecule has 122 valence electrons. The van der Waals surface area contributed by atoms with E-state index in [1.807, 2.05) is 6.07 Å². The van der Waals surface area contributed by atoms with Crippen LogP contribution in [-0.2, 0) is 11.3 Å². The van der Waals surface area contributed by atoms with Crippen LogP contribution >= 0.6 is 15.9 Å². The summed E-state index contributed by atoms with van der Waals surface area (Å²) in [6.07, 6.45) is -3.67. The summed E-state index contributed by atoms with van der Waals surface area (Å²) in [7, 11) is 1.31. The first-order valence-electron chi connectivity index (χ1n) is 6.51. The number of hydrogen-bond donors (Lipinski definition) is 1. The molecular weight excluding hydrogens is 374 g/mol. The van der Waals surface area contributed by atoms with Gasteiger partial charge < -0.3 is 9.47 Å². The standard InChI is InChI=1S/C15H13BrF2N2O3/c1-22-11-7-10(14(17)18)12(13(16)19-11)20-15(21)23-8-9-5-3-2-4-6-9/h2-7,14H,8H2,1H3,(H,20,21). The summed E-state index contributed by atoms with van der Waals surface area (Å²) in [5, 5.41) is 2.28. The van der Waals surface area contributed by atoms with Crippen LogP contribution in [-0.4, -0.2) is 18.2 Å². The van der Waals surface area contributed by atoms with E-state index < -0.39 is 18.1 Å². The van der Waals surface area contributed by atoms with Gasteiger partial charge in [0.1, 0.15) is 11.2 Å². The Morgan fingerprint density at radius 2 is 2.04 bits per heavy atom. The van der Waals surface area contributed by atoms with Gasteiger partial charge in [-0.25, -0.2) is 18.6 Å². The largest absolute Gasteiger partial charge is 0.481 e. The van der Waals surface area contributed by atoms with Crippen molar-refractivity contribution < 1.29 is 23.0 Å². The number of anilines is 1. The normalized spacial score (nSPS) is 10.5. The molecule has 0 bridgehead atoms. The average molecular weight is 387 g/mol. The molecule has 2 rings (SSSR count). The number of methoxy groups -OCH3 is 1. The summed E-state index contributed by atoms with van der Waals surface area (Å²) in [6, 6.07) is 10.1. The number of aromatic nitrogens is 1. The highest BCUT2D eigenvalue weighted by Gasteiger charge is 2.21. The molecule has 0 aliphatic carbocycles. The molecule has 0 atom stereocenters. The van der Waals surface area contributed by atoms with Crippen LogP contribution in [0.3, 0.4) is 0 Å². The predicted molar refractivity (Wildman–Crippen MR) is 83.7 cm³/mol.